The number of amides is 1. The molecule has 2 N–H and O–H groups in total. The van der Waals surface area contributed by atoms with Crippen molar-refractivity contribution in [1.29, 1.82) is 0 Å². The zero-order valence-corrected chi connectivity index (χ0v) is 11.7. The Morgan fingerprint density at radius 1 is 1.39 bits per heavy atom. The molecule has 2 rings (SSSR count). The van der Waals surface area contributed by atoms with Crippen molar-refractivity contribution in [2.75, 3.05) is 26.3 Å². The topological polar surface area (TPSA) is 55.6 Å². The summed E-state index contributed by atoms with van der Waals surface area (Å²) in [5.74, 6) is 1.56. The van der Waals surface area contributed by atoms with Crippen molar-refractivity contribution in [3.8, 4) is 0 Å². The van der Waals surface area contributed by atoms with E-state index < -0.39 is 5.54 Å². The van der Waals surface area contributed by atoms with Gasteiger partial charge in [-0.3, -0.25) is 4.79 Å². The summed E-state index contributed by atoms with van der Waals surface area (Å²) in [7, 11) is 0. The number of carbonyl (C=O) groups is 1. The lowest BCUT2D eigenvalue weighted by Crippen LogP contribution is -2.56. The average molecular weight is 254 g/mol. The second kappa shape index (κ2) is 5.57. The Kier molecular flexibility index (Phi) is 4.28. The molecule has 2 atom stereocenters. The molecule has 4 nitrogen and oxygen atoms in total. The van der Waals surface area contributed by atoms with E-state index >= 15 is 0 Å². The molecule has 2 aliphatic heterocycles. The van der Waals surface area contributed by atoms with Crippen LogP contribution in [-0.2, 0) is 9.53 Å². The Morgan fingerprint density at radius 3 is 2.78 bits per heavy atom. The van der Waals surface area contributed by atoms with Gasteiger partial charge in [-0.25, -0.2) is 0 Å². The smallest absolute Gasteiger partial charge is 0.245 e. The Hall–Kier alpha value is -0.610. The first-order chi connectivity index (χ1) is 8.53. The van der Waals surface area contributed by atoms with Gasteiger partial charge in [-0.2, -0.15) is 0 Å². The minimum Gasteiger partial charge on any atom is -0.379 e. The van der Waals surface area contributed by atoms with Crippen LogP contribution in [0.1, 0.15) is 39.5 Å². The van der Waals surface area contributed by atoms with Crippen LogP contribution in [-0.4, -0.2) is 42.6 Å². The summed E-state index contributed by atoms with van der Waals surface area (Å²) in [6.45, 7) is 7.27. The molecule has 104 valence electrons. The lowest BCUT2D eigenvalue weighted by Gasteiger charge is -2.29. The lowest BCUT2D eigenvalue weighted by molar-refractivity contribution is -0.137. The third-order valence-electron chi connectivity index (χ3n) is 4.48. The van der Waals surface area contributed by atoms with Gasteiger partial charge in [-0.1, -0.05) is 13.8 Å². The zero-order chi connectivity index (χ0) is 13.2. The monoisotopic (exact) mass is 254 g/mol. The number of ether oxygens (including phenoxy) is 1. The summed E-state index contributed by atoms with van der Waals surface area (Å²) in [4.78, 5) is 14.4. The van der Waals surface area contributed by atoms with E-state index in [0.29, 0.717) is 25.6 Å². The van der Waals surface area contributed by atoms with Crippen LogP contribution >= 0.6 is 0 Å². The van der Waals surface area contributed by atoms with E-state index in [-0.39, 0.29) is 5.91 Å². The SMILES string of the molecule is CC(C)C1CCCN(C(=O)C2(N)CCOC2)CC1. The standard InChI is InChI=1S/C14H26N2O2/c1-11(2)12-4-3-7-16(8-5-12)13(17)14(15)6-9-18-10-14/h11-12H,3-10,15H2,1-2H3. The Morgan fingerprint density at radius 2 is 2.17 bits per heavy atom. The molecule has 0 bridgehead atoms. The van der Waals surface area contributed by atoms with Gasteiger partial charge in [0.2, 0.25) is 5.91 Å². The molecule has 0 aromatic heterocycles. The van der Waals surface area contributed by atoms with Crippen LogP contribution < -0.4 is 5.73 Å². The predicted octanol–water partition coefficient (Wildman–Crippen LogP) is 1.39. The molecule has 2 fully saturated rings. The van der Waals surface area contributed by atoms with Crippen molar-refractivity contribution in [1.82, 2.24) is 4.90 Å². The Bertz CT molecular complexity index is 298. The quantitative estimate of drug-likeness (QED) is 0.810. The van der Waals surface area contributed by atoms with Crippen LogP contribution in [0.5, 0.6) is 0 Å². The van der Waals surface area contributed by atoms with Gasteiger partial charge < -0.3 is 15.4 Å². The second-order valence-corrected chi connectivity index (χ2v) is 6.19. The number of nitrogens with zero attached hydrogens (tertiary/aromatic N) is 1. The fraction of sp³-hybridized carbons (Fsp3) is 0.929. The maximum atomic E-state index is 12.5. The molecule has 1 amide bonds. The van der Waals surface area contributed by atoms with Crippen LogP contribution in [0.2, 0.25) is 0 Å². The van der Waals surface area contributed by atoms with Gasteiger partial charge in [0.25, 0.3) is 0 Å². The molecule has 0 aromatic rings. The lowest BCUT2D eigenvalue weighted by atomic mass is 9.89. The minimum absolute atomic E-state index is 0.101. The highest BCUT2D eigenvalue weighted by atomic mass is 16.5. The summed E-state index contributed by atoms with van der Waals surface area (Å²) in [6, 6.07) is 0. The van der Waals surface area contributed by atoms with E-state index in [1.807, 2.05) is 4.90 Å². The number of rotatable bonds is 2. The largest absolute Gasteiger partial charge is 0.379 e. The molecule has 2 unspecified atom stereocenters. The minimum atomic E-state index is -0.752. The van der Waals surface area contributed by atoms with Crippen molar-refractivity contribution < 1.29 is 9.53 Å². The van der Waals surface area contributed by atoms with Crippen LogP contribution in [0.4, 0.5) is 0 Å². The van der Waals surface area contributed by atoms with Gasteiger partial charge >= 0.3 is 0 Å². The van der Waals surface area contributed by atoms with E-state index in [0.717, 1.165) is 31.8 Å². The average Bonchev–Trinajstić information content (AvgIpc) is 2.65. The number of likely N-dealkylation sites (tertiary alicyclic amines) is 1. The number of hydrogen-bond donors (Lipinski definition) is 1. The molecule has 0 radical (unpaired) electrons. The summed E-state index contributed by atoms with van der Waals surface area (Å²) >= 11 is 0. The van der Waals surface area contributed by atoms with E-state index in [9.17, 15) is 4.79 Å². The maximum Gasteiger partial charge on any atom is 0.245 e. The molecule has 0 aromatic carbocycles. The summed E-state index contributed by atoms with van der Waals surface area (Å²) in [5, 5.41) is 0. The van der Waals surface area contributed by atoms with Crippen LogP contribution in [0, 0.1) is 11.8 Å². The van der Waals surface area contributed by atoms with E-state index in [2.05, 4.69) is 13.8 Å². The van der Waals surface area contributed by atoms with E-state index in [4.69, 9.17) is 10.5 Å². The van der Waals surface area contributed by atoms with Crippen LogP contribution in [0.3, 0.4) is 0 Å². The van der Waals surface area contributed by atoms with Crippen molar-refractivity contribution in [2.24, 2.45) is 17.6 Å². The van der Waals surface area contributed by atoms with Crippen LogP contribution in [0.15, 0.2) is 0 Å². The normalized spacial score (nSPS) is 33.8. The van der Waals surface area contributed by atoms with Gasteiger partial charge in [0.15, 0.2) is 0 Å². The predicted molar refractivity (Wildman–Crippen MR) is 71.1 cm³/mol. The number of carbonyl (C=O) groups excluding carboxylic acids is 1. The fourth-order valence-electron chi connectivity index (χ4n) is 3.06. The van der Waals surface area contributed by atoms with Crippen molar-refractivity contribution in [3.05, 3.63) is 0 Å². The summed E-state index contributed by atoms with van der Waals surface area (Å²) in [6.07, 6.45) is 4.11. The van der Waals surface area contributed by atoms with Gasteiger partial charge in [0.1, 0.15) is 5.54 Å². The van der Waals surface area contributed by atoms with Gasteiger partial charge in [0.05, 0.1) is 6.61 Å². The van der Waals surface area contributed by atoms with E-state index in [1.165, 1.54) is 6.42 Å². The first-order valence-corrected chi connectivity index (χ1v) is 7.19. The van der Waals surface area contributed by atoms with Gasteiger partial charge in [0, 0.05) is 19.7 Å². The van der Waals surface area contributed by atoms with Gasteiger partial charge in [-0.15, -0.1) is 0 Å². The molecule has 2 saturated heterocycles. The third kappa shape index (κ3) is 2.86. The molecule has 0 saturated carbocycles. The maximum absolute atomic E-state index is 12.5. The highest BCUT2D eigenvalue weighted by Gasteiger charge is 2.41. The highest BCUT2D eigenvalue weighted by molar-refractivity contribution is 5.86. The fourth-order valence-corrected chi connectivity index (χ4v) is 3.06. The molecule has 4 heteroatoms. The second-order valence-electron chi connectivity index (χ2n) is 6.19. The number of hydrogen-bond acceptors (Lipinski definition) is 3. The van der Waals surface area contributed by atoms with Crippen molar-refractivity contribution in [2.45, 2.75) is 45.1 Å². The Balaban J connectivity index is 1.95. The Labute approximate surface area is 110 Å². The van der Waals surface area contributed by atoms with E-state index in [1.54, 1.807) is 0 Å². The third-order valence-corrected chi connectivity index (χ3v) is 4.48. The molecular weight excluding hydrogens is 228 g/mol. The first-order valence-electron chi connectivity index (χ1n) is 7.19. The highest BCUT2D eigenvalue weighted by Crippen LogP contribution is 2.26. The van der Waals surface area contributed by atoms with Crippen molar-refractivity contribution >= 4 is 5.91 Å². The van der Waals surface area contributed by atoms with Gasteiger partial charge in [-0.05, 0) is 37.5 Å². The van der Waals surface area contributed by atoms with Crippen molar-refractivity contribution in [3.63, 3.8) is 0 Å². The molecule has 0 spiro atoms. The number of nitrogens with two attached hydrogens (primary N) is 1. The molecule has 0 aliphatic carbocycles. The molecule has 2 aliphatic rings. The first kappa shape index (κ1) is 13.8. The molecule has 2 heterocycles. The zero-order valence-electron chi connectivity index (χ0n) is 11.7. The summed E-state index contributed by atoms with van der Waals surface area (Å²) in [5.41, 5.74) is 5.41. The van der Waals surface area contributed by atoms with Crippen LogP contribution in [0.25, 0.3) is 0 Å². The molecule has 18 heavy (non-hydrogen) atoms. The summed E-state index contributed by atoms with van der Waals surface area (Å²) < 4.78 is 5.29. The molecular formula is C14H26N2O2.